The van der Waals surface area contributed by atoms with E-state index in [-0.39, 0.29) is 5.75 Å². The molecule has 4 nitrogen and oxygen atoms in total. The molecule has 3 aromatic rings. The number of aryl methyl sites for hydroxylation is 1. The molecule has 1 N–H and O–H groups in total. The number of para-hydroxylation sites is 1. The molecule has 4 heteroatoms. The van der Waals surface area contributed by atoms with E-state index >= 15 is 0 Å². The number of hydrogen-bond acceptors (Lipinski definition) is 4. The molecule has 0 aliphatic carbocycles. The van der Waals surface area contributed by atoms with Crippen LogP contribution < -0.4 is 4.90 Å². The van der Waals surface area contributed by atoms with E-state index in [1.165, 1.54) is 0 Å². The predicted molar refractivity (Wildman–Crippen MR) is 94.9 cm³/mol. The normalized spacial score (nSPS) is 10.9. The Morgan fingerprint density at radius 2 is 1.74 bits per heavy atom. The molecule has 118 valence electrons. The molecule has 0 saturated carbocycles. The Morgan fingerprint density at radius 3 is 2.43 bits per heavy atom. The van der Waals surface area contributed by atoms with Crippen molar-refractivity contribution in [2.75, 3.05) is 18.0 Å². The van der Waals surface area contributed by atoms with Gasteiger partial charge >= 0.3 is 0 Å². The fraction of sp³-hybridized carbons (Fsp3) is 0.263. The second-order valence-electron chi connectivity index (χ2n) is 5.58. The molecular weight excluding hydrogens is 286 g/mol. The predicted octanol–water partition coefficient (Wildman–Crippen LogP) is 4.16. The van der Waals surface area contributed by atoms with Crippen LogP contribution in [0, 0.1) is 6.92 Å². The molecule has 3 rings (SSSR count). The van der Waals surface area contributed by atoms with Gasteiger partial charge in [-0.3, -0.25) is 0 Å². The van der Waals surface area contributed by atoms with Crippen LogP contribution in [0.1, 0.15) is 19.4 Å². The lowest BCUT2D eigenvalue weighted by Gasteiger charge is -2.22. The van der Waals surface area contributed by atoms with E-state index in [0.717, 1.165) is 35.4 Å². The van der Waals surface area contributed by atoms with Crippen LogP contribution in [0.3, 0.4) is 0 Å². The van der Waals surface area contributed by atoms with Crippen LogP contribution in [0.25, 0.3) is 22.3 Å². The van der Waals surface area contributed by atoms with E-state index in [1.807, 2.05) is 12.1 Å². The first-order valence-electron chi connectivity index (χ1n) is 7.95. The van der Waals surface area contributed by atoms with Crippen LogP contribution in [0.4, 0.5) is 5.82 Å². The summed E-state index contributed by atoms with van der Waals surface area (Å²) >= 11 is 0. The van der Waals surface area contributed by atoms with Crippen molar-refractivity contribution >= 4 is 16.7 Å². The number of phenolic OH excluding ortho intramolecular Hbond substituents is 1. The summed E-state index contributed by atoms with van der Waals surface area (Å²) in [6.07, 6.45) is 0. The van der Waals surface area contributed by atoms with Crippen LogP contribution in [0.2, 0.25) is 0 Å². The van der Waals surface area contributed by atoms with Crippen LogP contribution in [0.5, 0.6) is 5.75 Å². The second kappa shape index (κ2) is 6.24. The smallest absolute Gasteiger partial charge is 0.165 e. The van der Waals surface area contributed by atoms with Crippen molar-refractivity contribution in [3.63, 3.8) is 0 Å². The second-order valence-corrected chi connectivity index (χ2v) is 5.58. The lowest BCUT2D eigenvalue weighted by molar-refractivity contribution is 0.477. The van der Waals surface area contributed by atoms with Crippen molar-refractivity contribution in [2.45, 2.75) is 20.8 Å². The van der Waals surface area contributed by atoms with Gasteiger partial charge in [0, 0.05) is 18.5 Å². The highest BCUT2D eigenvalue weighted by Crippen LogP contribution is 2.31. The van der Waals surface area contributed by atoms with E-state index < -0.39 is 0 Å². The van der Waals surface area contributed by atoms with Gasteiger partial charge in [0.05, 0.1) is 11.1 Å². The number of anilines is 1. The Bertz CT molecular complexity index is 841. The number of benzene rings is 2. The Hall–Kier alpha value is -2.62. The zero-order valence-corrected chi connectivity index (χ0v) is 13.7. The van der Waals surface area contributed by atoms with Gasteiger partial charge in [-0.05, 0) is 50.6 Å². The van der Waals surface area contributed by atoms with E-state index in [4.69, 9.17) is 4.98 Å². The highest BCUT2D eigenvalue weighted by atomic mass is 16.3. The number of nitrogens with zero attached hydrogens (tertiary/aromatic N) is 3. The fourth-order valence-electron chi connectivity index (χ4n) is 2.77. The van der Waals surface area contributed by atoms with Crippen LogP contribution in [-0.2, 0) is 0 Å². The van der Waals surface area contributed by atoms with E-state index in [9.17, 15) is 5.11 Å². The van der Waals surface area contributed by atoms with Crippen molar-refractivity contribution in [3.8, 4) is 17.1 Å². The van der Waals surface area contributed by atoms with Crippen molar-refractivity contribution in [3.05, 3.63) is 48.0 Å². The molecule has 0 aliphatic heterocycles. The third-order valence-electron chi connectivity index (χ3n) is 4.04. The Balaban J connectivity index is 2.30. The van der Waals surface area contributed by atoms with Gasteiger partial charge in [0.15, 0.2) is 5.82 Å². The molecule has 0 aliphatic rings. The van der Waals surface area contributed by atoms with Crippen molar-refractivity contribution in [2.24, 2.45) is 0 Å². The molecule has 0 saturated heterocycles. The third kappa shape index (κ3) is 2.84. The molecule has 1 heterocycles. The minimum Gasteiger partial charge on any atom is -0.507 e. The van der Waals surface area contributed by atoms with E-state index in [1.54, 1.807) is 12.1 Å². The van der Waals surface area contributed by atoms with E-state index in [2.05, 4.69) is 48.9 Å². The summed E-state index contributed by atoms with van der Waals surface area (Å²) in [5.74, 6) is 1.67. The molecule has 0 radical (unpaired) electrons. The lowest BCUT2D eigenvalue weighted by Crippen LogP contribution is -2.23. The van der Waals surface area contributed by atoms with Crippen LogP contribution >= 0.6 is 0 Å². The summed E-state index contributed by atoms with van der Waals surface area (Å²) in [6, 6.07) is 13.4. The van der Waals surface area contributed by atoms with Crippen LogP contribution in [0.15, 0.2) is 42.5 Å². The average Bonchev–Trinajstić information content (AvgIpc) is 2.55. The zero-order chi connectivity index (χ0) is 16.4. The molecule has 0 unspecified atom stereocenters. The highest BCUT2D eigenvalue weighted by molar-refractivity contribution is 5.91. The minimum absolute atomic E-state index is 0.199. The van der Waals surface area contributed by atoms with E-state index in [0.29, 0.717) is 11.4 Å². The quantitative estimate of drug-likeness (QED) is 0.786. The number of phenols is 1. The van der Waals surface area contributed by atoms with Gasteiger partial charge in [-0.25, -0.2) is 9.97 Å². The van der Waals surface area contributed by atoms with Crippen molar-refractivity contribution < 1.29 is 5.11 Å². The van der Waals surface area contributed by atoms with Crippen molar-refractivity contribution in [1.29, 1.82) is 0 Å². The van der Waals surface area contributed by atoms with Gasteiger partial charge in [-0.2, -0.15) is 0 Å². The van der Waals surface area contributed by atoms with Gasteiger partial charge in [-0.15, -0.1) is 0 Å². The molecule has 0 bridgehead atoms. The number of fused-ring (bicyclic) bond motifs is 1. The zero-order valence-electron chi connectivity index (χ0n) is 13.7. The number of rotatable bonds is 4. The first kappa shape index (κ1) is 15.3. The van der Waals surface area contributed by atoms with Gasteiger partial charge in [0.1, 0.15) is 11.6 Å². The van der Waals surface area contributed by atoms with Gasteiger partial charge in [0.25, 0.3) is 0 Å². The molecular formula is C19H21N3O. The maximum Gasteiger partial charge on any atom is 0.165 e. The Morgan fingerprint density at radius 1 is 1.00 bits per heavy atom. The summed E-state index contributed by atoms with van der Waals surface area (Å²) < 4.78 is 0. The van der Waals surface area contributed by atoms with Gasteiger partial charge in [-0.1, -0.05) is 18.2 Å². The Labute approximate surface area is 136 Å². The summed E-state index contributed by atoms with van der Waals surface area (Å²) in [5, 5.41) is 11.2. The summed E-state index contributed by atoms with van der Waals surface area (Å²) in [7, 11) is 0. The summed E-state index contributed by atoms with van der Waals surface area (Å²) in [5.41, 5.74) is 2.72. The minimum atomic E-state index is 0.199. The monoisotopic (exact) mass is 307 g/mol. The molecule has 0 amide bonds. The van der Waals surface area contributed by atoms with Gasteiger partial charge < -0.3 is 10.0 Å². The molecule has 2 aromatic carbocycles. The fourth-order valence-corrected chi connectivity index (χ4v) is 2.77. The first-order chi connectivity index (χ1) is 11.1. The number of hydrogen-bond donors (Lipinski definition) is 1. The standard InChI is InChI=1S/C19H21N3O/c1-4-22(5-2)19-14-11-10-13(3)12-16(14)20-18(21-19)15-8-6-7-9-17(15)23/h6-12,23H,4-5H2,1-3H3. The van der Waals surface area contributed by atoms with Gasteiger partial charge in [0.2, 0.25) is 0 Å². The molecule has 0 atom stereocenters. The SMILES string of the molecule is CCN(CC)c1nc(-c2ccccc2O)nc2cc(C)ccc12. The average molecular weight is 307 g/mol. The number of aromatic hydroxyl groups is 1. The first-order valence-corrected chi connectivity index (χ1v) is 7.95. The maximum absolute atomic E-state index is 10.1. The van der Waals surface area contributed by atoms with Crippen molar-refractivity contribution in [1.82, 2.24) is 9.97 Å². The van der Waals surface area contributed by atoms with Crippen LogP contribution in [-0.4, -0.2) is 28.2 Å². The Kier molecular flexibility index (Phi) is 4.15. The number of aromatic nitrogens is 2. The molecule has 0 spiro atoms. The third-order valence-corrected chi connectivity index (χ3v) is 4.04. The summed E-state index contributed by atoms with van der Waals surface area (Å²) in [4.78, 5) is 11.7. The molecule has 0 fully saturated rings. The highest BCUT2D eigenvalue weighted by Gasteiger charge is 2.15. The largest absolute Gasteiger partial charge is 0.507 e. The summed E-state index contributed by atoms with van der Waals surface area (Å²) in [6.45, 7) is 8.03. The molecule has 23 heavy (non-hydrogen) atoms. The topological polar surface area (TPSA) is 49.2 Å². The molecule has 1 aromatic heterocycles. The maximum atomic E-state index is 10.1. The lowest BCUT2D eigenvalue weighted by atomic mass is 10.1.